The minimum Gasteiger partial charge on any atom is -0.305 e. The van der Waals surface area contributed by atoms with E-state index in [9.17, 15) is 8.42 Å². The van der Waals surface area contributed by atoms with Gasteiger partial charge in [0.15, 0.2) is 5.25 Å². The third-order valence-corrected chi connectivity index (χ3v) is 4.07. The molecule has 1 rings (SSSR count). The van der Waals surface area contributed by atoms with Crippen molar-refractivity contribution >= 4 is 10.0 Å². The monoisotopic (exact) mass is 217 g/mol. The molecule has 1 aliphatic rings. The van der Waals surface area contributed by atoms with Gasteiger partial charge in [0.25, 0.3) is 0 Å². The average Bonchev–Trinajstić information content (AvgIpc) is 2.48. The molecule has 2 unspecified atom stereocenters. The van der Waals surface area contributed by atoms with Crippen molar-refractivity contribution in [1.29, 1.82) is 5.26 Å². The highest BCUT2D eigenvalue weighted by Gasteiger charge is 2.27. The van der Waals surface area contributed by atoms with Crippen LogP contribution in [0.2, 0.25) is 0 Å². The molecule has 0 aliphatic carbocycles. The van der Waals surface area contributed by atoms with Gasteiger partial charge in [0.2, 0.25) is 10.0 Å². The van der Waals surface area contributed by atoms with E-state index in [0.717, 1.165) is 19.5 Å². The highest BCUT2D eigenvalue weighted by molar-refractivity contribution is 7.90. The molecule has 1 aliphatic heterocycles. The Balaban J connectivity index is 2.57. The molecule has 0 saturated carbocycles. The lowest BCUT2D eigenvalue weighted by Crippen LogP contribution is -2.40. The van der Waals surface area contributed by atoms with Gasteiger partial charge < -0.3 is 4.90 Å². The van der Waals surface area contributed by atoms with Crippen LogP contribution in [0.15, 0.2) is 0 Å². The molecule has 5 nitrogen and oxygen atoms in total. The van der Waals surface area contributed by atoms with Crippen LogP contribution in [0, 0.1) is 11.3 Å². The maximum absolute atomic E-state index is 11.5. The highest BCUT2D eigenvalue weighted by Crippen LogP contribution is 2.09. The first-order chi connectivity index (χ1) is 6.45. The van der Waals surface area contributed by atoms with Crippen molar-refractivity contribution in [3.05, 3.63) is 0 Å². The normalized spacial score (nSPS) is 25.9. The van der Waals surface area contributed by atoms with Crippen molar-refractivity contribution in [2.24, 2.45) is 0 Å². The standard InChI is InChI=1S/C8H15N3O2S/c1-7(5-9)14(12,13)10-8-3-4-11(2)6-8/h7-8,10H,3-4,6H2,1-2H3. The summed E-state index contributed by atoms with van der Waals surface area (Å²) in [6.07, 6.45) is 0.813. The molecule has 0 aromatic rings. The number of likely N-dealkylation sites (tertiary alicyclic amines) is 1. The van der Waals surface area contributed by atoms with Gasteiger partial charge in [-0.25, -0.2) is 13.1 Å². The lowest BCUT2D eigenvalue weighted by molar-refractivity contribution is 0.407. The van der Waals surface area contributed by atoms with Crippen molar-refractivity contribution in [3.63, 3.8) is 0 Å². The van der Waals surface area contributed by atoms with E-state index in [-0.39, 0.29) is 6.04 Å². The summed E-state index contributed by atoms with van der Waals surface area (Å²) in [6.45, 7) is 3.01. The summed E-state index contributed by atoms with van der Waals surface area (Å²) in [5, 5.41) is 7.54. The summed E-state index contributed by atoms with van der Waals surface area (Å²) in [4.78, 5) is 2.06. The second kappa shape index (κ2) is 4.26. The summed E-state index contributed by atoms with van der Waals surface area (Å²) in [6, 6.07) is 1.69. The topological polar surface area (TPSA) is 73.2 Å². The van der Waals surface area contributed by atoms with Gasteiger partial charge in [-0.3, -0.25) is 0 Å². The van der Waals surface area contributed by atoms with E-state index >= 15 is 0 Å². The van der Waals surface area contributed by atoms with E-state index in [1.54, 1.807) is 6.07 Å². The highest BCUT2D eigenvalue weighted by atomic mass is 32.2. The number of rotatable bonds is 3. The predicted octanol–water partition coefficient (Wildman–Crippen LogP) is -0.478. The molecule has 1 fully saturated rings. The molecular weight excluding hydrogens is 202 g/mol. The van der Waals surface area contributed by atoms with Crippen LogP contribution < -0.4 is 4.72 Å². The van der Waals surface area contributed by atoms with E-state index in [2.05, 4.69) is 9.62 Å². The lowest BCUT2D eigenvalue weighted by Gasteiger charge is -2.13. The average molecular weight is 217 g/mol. The Kier molecular flexibility index (Phi) is 3.48. The van der Waals surface area contributed by atoms with E-state index in [1.807, 2.05) is 7.05 Å². The Bertz CT molecular complexity index is 333. The number of hydrogen-bond donors (Lipinski definition) is 1. The summed E-state index contributed by atoms with van der Waals surface area (Å²) in [5.41, 5.74) is 0. The van der Waals surface area contributed by atoms with Gasteiger partial charge in [-0.1, -0.05) is 0 Å². The zero-order valence-electron chi connectivity index (χ0n) is 8.40. The fourth-order valence-electron chi connectivity index (χ4n) is 1.43. The Labute approximate surface area is 84.8 Å². The van der Waals surface area contributed by atoms with Gasteiger partial charge in [0, 0.05) is 12.6 Å². The van der Waals surface area contributed by atoms with Gasteiger partial charge in [0.1, 0.15) is 0 Å². The Morgan fingerprint density at radius 1 is 1.64 bits per heavy atom. The number of nitrogens with zero attached hydrogens (tertiary/aromatic N) is 2. The van der Waals surface area contributed by atoms with Crippen LogP contribution in [-0.2, 0) is 10.0 Å². The van der Waals surface area contributed by atoms with E-state index in [1.165, 1.54) is 6.92 Å². The van der Waals surface area contributed by atoms with Crippen molar-refractivity contribution in [2.45, 2.75) is 24.6 Å². The Morgan fingerprint density at radius 2 is 2.29 bits per heavy atom. The summed E-state index contributed by atoms with van der Waals surface area (Å²) in [5.74, 6) is 0. The molecule has 1 N–H and O–H groups in total. The van der Waals surface area contributed by atoms with Crippen molar-refractivity contribution in [1.82, 2.24) is 9.62 Å². The summed E-state index contributed by atoms with van der Waals surface area (Å²) in [7, 11) is -1.51. The molecule has 80 valence electrons. The second-order valence-corrected chi connectivity index (χ2v) is 5.71. The second-order valence-electron chi connectivity index (χ2n) is 3.68. The van der Waals surface area contributed by atoms with Crippen LogP contribution in [0.3, 0.4) is 0 Å². The first-order valence-electron chi connectivity index (χ1n) is 4.55. The first kappa shape index (κ1) is 11.4. The Hall–Kier alpha value is -0.640. The van der Waals surface area contributed by atoms with Crippen LogP contribution in [-0.4, -0.2) is 44.7 Å². The zero-order chi connectivity index (χ0) is 10.8. The molecule has 0 bridgehead atoms. The van der Waals surface area contributed by atoms with Crippen molar-refractivity contribution < 1.29 is 8.42 Å². The quantitative estimate of drug-likeness (QED) is 0.693. The van der Waals surface area contributed by atoms with Gasteiger partial charge >= 0.3 is 0 Å². The van der Waals surface area contributed by atoms with Crippen LogP contribution in [0.1, 0.15) is 13.3 Å². The summed E-state index contributed by atoms with van der Waals surface area (Å²) >= 11 is 0. The number of likely N-dealkylation sites (N-methyl/N-ethyl adjacent to an activating group) is 1. The van der Waals surface area contributed by atoms with Crippen molar-refractivity contribution in [3.8, 4) is 6.07 Å². The minimum absolute atomic E-state index is 0.0409. The fraction of sp³-hybridized carbons (Fsp3) is 0.875. The molecule has 0 spiro atoms. The van der Waals surface area contributed by atoms with Gasteiger partial charge in [0.05, 0.1) is 6.07 Å². The maximum Gasteiger partial charge on any atom is 0.227 e. The molecule has 14 heavy (non-hydrogen) atoms. The number of nitrogens with one attached hydrogen (secondary N) is 1. The van der Waals surface area contributed by atoms with Gasteiger partial charge in [-0.05, 0) is 26.9 Å². The number of nitriles is 1. The minimum atomic E-state index is -3.45. The van der Waals surface area contributed by atoms with E-state index < -0.39 is 15.3 Å². The van der Waals surface area contributed by atoms with Crippen LogP contribution in [0.4, 0.5) is 0 Å². The SMILES string of the molecule is CC(C#N)S(=O)(=O)NC1CCN(C)C1. The number of hydrogen-bond acceptors (Lipinski definition) is 4. The summed E-state index contributed by atoms with van der Waals surface area (Å²) < 4.78 is 25.5. The lowest BCUT2D eigenvalue weighted by atomic mass is 10.3. The third-order valence-electron chi connectivity index (χ3n) is 2.37. The van der Waals surface area contributed by atoms with E-state index in [4.69, 9.17) is 5.26 Å². The molecule has 1 heterocycles. The van der Waals surface area contributed by atoms with Gasteiger partial charge in [-0.2, -0.15) is 5.26 Å². The van der Waals surface area contributed by atoms with Crippen molar-refractivity contribution in [2.75, 3.05) is 20.1 Å². The molecular formula is C8H15N3O2S. The first-order valence-corrected chi connectivity index (χ1v) is 6.09. The van der Waals surface area contributed by atoms with Crippen LogP contribution in [0.25, 0.3) is 0 Å². The molecule has 1 saturated heterocycles. The van der Waals surface area contributed by atoms with Gasteiger partial charge in [-0.15, -0.1) is 0 Å². The largest absolute Gasteiger partial charge is 0.305 e. The maximum atomic E-state index is 11.5. The molecule has 0 aromatic heterocycles. The molecule has 6 heteroatoms. The number of sulfonamides is 1. The van der Waals surface area contributed by atoms with Crippen LogP contribution in [0.5, 0.6) is 0 Å². The zero-order valence-corrected chi connectivity index (χ0v) is 9.21. The van der Waals surface area contributed by atoms with E-state index in [0.29, 0.717) is 0 Å². The molecule has 0 aromatic carbocycles. The smallest absolute Gasteiger partial charge is 0.227 e. The molecule has 0 amide bonds. The van der Waals surface area contributed by atoms with Crippen LogP contribution >= 0.6 is 0 Å². The Morgan fingerprint density at radius 3 is 2.71 bits per heavy atom. The molecule has 0 radical (unpaired) electrons. The molecule has 2 atom stereocenters. The fourth-order valence-corrected chi connectivity index (χ4v) is 2.43. The third kappa shape index (κ3) is 2.67. The predicted molar refractivity (Wildman–Crippen MR) is 53.0 cm³/mol.